The molecule has 0 fully saturated rings. The van der Waals surface area contributed by atoms with Crippen molar-refractivity contribution >= 4 is 36.0 Å². The molecule has 0 aliphatic heterocycles. The molecule has 0 bridgehead atoms. The minimum atomic E-state index is -0.495. The summed E-state index contributed by atoms with van der Waals surface area (Å²) in [7, 11) is 3.39. The van der Waals surface area contributed by atoms with Gasteiger partial charge in [0.25, 0.3) is 0 Å². The van der Waals surface area contributed by atoms with E-state index < -0.39 is 11.7 Å². The van der Waals surface area contributed by atoms with Crippen LogP contribution < -0.4 is 16.0 Å². The van der Waals surface area contributed by atoms with Crippen molar-refractivity contribution in [3.8, 4) is 0 Å². The van der Waals surface area contributed by atoms with Crippen LogP contribution in [0.15, 0.2) is 29.3 Å². The van der Waals surface area contributed by atoms with E-state index in [4.69, 9.17) is 9.47 Å². The van der Waals surface area contributed by atoms with E-state index in [-0.39, 0.29) is 24.0 Å². The molecular formula is C18H31IN4O3. The number of halogens is 1. The zero-order valence-electron chi connectivity index (χ0n) is 16.2. The molecule has 0 spiro atoms. The highest BCUT2D eigenvalue weighted by molar-refractivity contribution is 14.0. The molecule has 0 aliphatic carbocycles. The largest absolute Gasteiger partial charge is 0.444 e. The summed E-state index contributed by atoms with van der Waals surface area (Å²) in [6, 6.07) is 8.09. The van der Waals surface area contributed by atoms with E-state index in [0.717, 1.165) is 11.1 Å². The van der Waals surface area contributed by atoms with Gasteiger partial charge in [0, 0.05) is 33.8 Å². The van der Waals surface area contributed by atoms with Crippen LogP contribution in [0.4, 0.5) is 4.79 Å². The number of amides is 1. The Morgan fingerprint density at radius 3 is 2.27 bits per heavy atom. The molecule has 0 saturated heterocycles. The van der Waals surface area contributed by atoms with Gasteiger partial charge in [-0.25, -0.2) is 4.79 Å². The first-order chi connectivity index (χ1) is 11.9. The normalized spacial score (nSPS) is 11.3. The summed E-state index contributed by atoms with van der Waals surface area (Å²) >= 11 is 0. The van der Waals surface area contributed by atoms with Gasteiger partial charge in [-0.05, 0) is 31.9 Å². The minimum absolute atomic E-state index is 0. The molecule has 0 unspecified atom stereocenters. The van der Waals surface area contributed by atoms with Crippen molar-refractivity contribution in [3.05, 3.63) is 35.4 Å². The van der Waals surface area contributed by atoms with Crippen LogP contribution in [0.3, 0.4) is 0 Å². The zero-order valence-corrected chi connectivity index (χ0v) is 18.5. The molecule has 1 aromatic rings. The third kappa shape index (κ3) is 10.4. The van der Waals surface area contributed by atoms with Gasteiger partial charge in [-0.1, -0.05) is 24.3 Å². The molecule has 0 saturated carbocycles. The number of benzene rings is 1. The number of hydrogen-bond acceptors (Lipinski definition) is 4. The van der Waals surface area contributed by atoms with Crippen molar-refractivity contribution in [2.24, 2.45) is 4.99 Å². The molecule has 0 heterocycles. The topological polar surface area (TPSA) is 84.0 Å². The van der Waals surface area contributed by atoms with Gasteiger partial charge in [-0.15, -0.1) is 24.0 Å². The highest BCUT2D eigenvalue weighted by atomic mass is 127. The molecule has 0 radical (unpaired) electrons. The first kappa shape index (κ1) is 24.5. The number of carbonyl (C=O) groups excluding carboxylic acids is 1. The zero-order chi connectivity index (χ0) is 18.7. The summed E-state index contributed by atoms with van der Waals surface area (Å²) in [6.45, 7) is 7.69. The van der Waals surface area contributed by atoms with Crippen molar-refractivity contribution in [2.75, 3.05) is 27.2 Å². The molecule has 0 atom stereocenters. The number of guanidine groups is 1. The number of nitrogens with zero attached hydrogens (tertiary/aromatic N) is 1. The lowest BCUT2D eigenvalue weighted by Crippen LogP contribution is -2.42. The fourth-order valence-electron chi connectivity index (χ4n) is 2.09. The molecule has 7 nitrogen and oxygen atoms in total. The van der Waals surface area contributed by atoms with E-state index in [9.17, 15) is 4.79 Å². The van der Waals surface area contributed by atoms with Crippen molar-refractivity contribution in [1.29, 1.82) is 0 Å². The number of methoxy groups -OCH3 is 1. The van der Waals surface area contributed by atoms with Crippen LogP contribution >= 0.6 is 24.0 Å². The number of nitrogens with one attached hydrogen (secondary N) is 3. The second-order valence-electron chi connectivity index (χ2n) is 6.48. The average molecular weight is 478 g/mol. The van der Waals surface area contributed by atoms with Gasteiger partial charge in [0.1, 0.15) is 5.60 Å². The average Bonchev–Trinajstić information content (AvgIpc) is 2.54. The Labute approximate surface area is 173 Å². The lowest BCUT2D eigenvalue weighted by Gasteiger charge is -2.20. The van der Waals surface area contributed by atoms with Crippen molar-refractivity contribution in [3.63, 3.8) is 0 Å². The first-order valence-corrected chi connectivity index (χ1v) is 8.33. The Kier molecular flexibility index (Phi) is 12.0. The summed E-state index contributed by atoms with van der Waals surface area (Å²) in [6.07, 6.45) is -0.425. The third-order valence-corrected chi connectivity index (χ3v) is 3.17. The predicted octanol–water partition coefficient (Wildman–Crippen LogP) is 2.64. The van der Waals surface area contributed by atoms with Gasteiger partial charge in [-0.3, -0.25) is 4.99 Å². The Balaban J connectivity index is 0.00000625. The van der Waals surface area contributed by atoms with Crippen LogP contribution in [-0.2, 0) is 22.6 Å². The highest BCUT2D eigenvalue weighted by Crippen LogP contribution is 2.09. The molecule has 3 N–H and O–H groups in total. The fraction of sp³-hybridized carbons (Fsp3) is 0.556. The van der Waals surface area contributed by atoms with Crippen LogP contribution in [-0.4, -0.2) is 44.9 Å². The molecular weight excluding hydrogens is 447 g/mol. The maximum atomic E-state index is 11.6. The third-order valence-electron chi connectivity index (χ3n) is 3.17. The minimum Gasteiger partial charge on any atom is -0.444 e. The van der Waals surface area contributed by atoms with Gasteiger partial charge in [0.05, 0.1) is 6.61 Å². The smallest absolute Gasteiger partial charge is 0.407 e. The summed E-state index contributed by atoms with van der Waals surface area (Å²) in [5.74, 6) is 0.665. The number of rotatable bonds is 7. The van der Waals surface area contributed by atoms with Gasteiger partial charge in [-0.2, -0.15) is 0 Å². The van der Waals surface area contributed by atoms with Crippen LogP contribution in [0.1, 0.15) is 31.9 Å². The quantitative estimate of drug-likeness (QED) is 0.243. The second-order valence-corrected chi connectivity index (χ2v) is 6.48. The highest BCUT2D eigenvalue weighted by Gasteiger charge is 2.15. The number of carbonyl (C=O) groups is 1. The van der Waals surface area contributed by atoms with Crippen molar-refractivity contribution in [1.82, 2.24) is 16.0 Å². The molecule has 1 aromatic carbocycles. The summed E-state index contributed by atoms with van der Waals surface area (Å²) in [4.78, 5) is 15.7. The van der Waals surface area contributed by atoms with E-state index in [0.29, 0.717) is 32.2 Å². The van der Waals surface area contributed by atoms with Crippen molar-refractivity contribution in [2.45, 2.75) is 39.5 Å². The summed E-state index contributed by atoms with van der Waals surface area (Å²) < 4.78 is 10.4. The van der Waals surface area contributed by atoms with Gasteiger partial charge in [0.2, 0.25) is 0 Å². The SMILES string of the molecule is CN=C(NCCNC(=O)OC(C)(C)C)NCc1ccccc1COC.I. The van der Waals surface area contributed by atoms with Gasteiger partial charge in [0.15, 0.2) is 5.96 Å². The second kappa shape index (κ2) is 12.7. The molecule has 1 amide bonds. The maximum Gasteiger partial charge on any atom is 0.407 e. The lowest BCUT2D eigenvalue weighted by molar-refractivity contribution is 0.0529. The molecule has 26 heavy (non-hydrogen) atoms. The summed E-state index contributed by atoms with van der Waals surface area (Å²) in [5, 5.41) is 9.09. The Morgan fingerprint density at radius 1 is 1.08 bits per heavy atom. The van der Waals surface area contributed by atoms with Crippen LogP contribution in [0, 0.1) is 0 Å². The van der Waals surface area contributed by atoms with Gasteiger partial charge >= 0.3 is 6.09 Å². The fourth-order valence-corrected chi connectivity index (χ4v) is 2.09. The maximum absolute atomic E-state index is 11.6. The number of ether oxygens (including phenoxy) is 2. The first-order valence-electron chi connectivity index (χ1n) is 8.33. The van der Waals surface area contributed by atoms with E-state index >= 15 is 0 Å². The Bertz CT molecular complexity index is 574. The Hall–Kier alpha value is -1.55. The van der Waals surface area contributed by atoms with E-state index in [1.54, 1.807) is 14.2 Å². The van der Waals surface area contributed by atoms with Crippen molar-refractivity contribution < 1.29 is 14.3 Å². The van der Waals surface area contributed by atoms with E-state index in [1.807, 2.05) is 39.0 Å². The molecule has 1 rings (SSSR count). The van der Waals surface area contributed by atoms with E-state index in [1.165, 1.54) is 0 Å². The monoisotopic (exact) mass is 478 g/mol. The Morgan fingerprint density at radius 2 is 1.69 bits per heavy atom. The number of aliphatic imine (C=N–C) groups is 1. The lowest BCUT2D eigenvalue weighted by atomic mass is 10.1. The number of alkyl carbamates (subject to hydrolysis) is 1. The molecule has 148 valence electrons. The molecule has 0 aliphatic rings. The number of hydrogen-bond donors (Lipinski definition) is 3. The molecule has 0 aromatic heterocycles. The predicted molar refractivity (Wildman–Crippen MR) is 115 cm³/mol. The van der Waals surface area contributed by atoms with Crippen LogP contribution in [0.25, 0.3) is 0 Å². The van der Waals surface area contributed by atoms with Crippen LogP contribution in [0.5, 0.6) is 0 Å². The molecule has 8 heteroatoms. The van der Waals surface area contributed by atoms with Gasteiger partial charge < -0.3 is 25.4 Å². The standard InChI is InChI=1S/C18H30N4O3.HI/c1-18(2,3)25-17(23)21-11-10-20-16(19-4)22-12-14-8-6-7-9-15(14)13-24-5;/h6-9H,10-13H2,1-5H3,(H,21,23)(H2,19,20,22);1H. The van der Waals surface area contributed by atoms with E-state index in [2.05, 4.69) is 27.0 Å². The summed E-state index contributed by atoms with van der Waals surface area (Å²) in [5.41, 5.74) is 1.80. The van der Waals surface area contributed by atoms with Crippen LogP contribution in [0.2, 0.25) is 0 Å².